The Morgan fingerprint density at radius 1 is 1.07 bits per heavy atom. The smallest absolute Gasteiger partial charge is 0.0486 e. The Bertz CT molecular complexity index is 262. The summed E-state index contributed by atoms with van der Waals surface area (Å²) in [5.41, 5.74) is 3.04. The number of hydrogen-bond acceptors (Lipinski definition) is 3. The second kappa shape index (κ2) is 5.73. The number of rotatable bonds is 5. The van der Waals surface area contributed by atoms with E-state index in [0.717, 1.165) is 17.8 Å². The van der Waals surface area contributed by atoms with Crippen molar-refractivity contribution in [1.82, 2.24) is 4.98 Å². The molecule has 0 spiro atoms. The fraction of sp³-hybridized carbons (Fsp3) is 0.545. The molecule has 3 heteroatoms. The maximum Gasteiger partial charge on any atom is 0.0486 e. The molecule has 2 N–H and O–H groups in total. The predicted molar refractivity (Wildman–Crippen MR) is 55.2 cm³/mol. The lowest BCUT2D eigenvalue weighted by Crippen LogP contribution is -2.02. The fourth-order valence-electron chi connectivity index (χ4n) is 1.41. The minimum atomic E-state index is 0.124. The van der Waals surface area contributed by atoms with Gasteiger partial charge in [-0.25, -0.2) is 0 Å². The molecule has 0 aromatic carbocycles. The lowest BCUT2D eigenvalue weighted by atomic mass is 10.1. The van der Waals surface area contributed by atoms with Crippen LogP contribution in [-0.2, 0) is 19.3 Å². The zero-order chi connectivity index (χ0) is 10.4. The van der Waals surface area contributed by atoms with Crippen molar-refractivity contribution in [3.8, 4) is 0 Å². The summed E-state index contributed by atoms with van der Waals surface area (Å²) in [6.45, 7) is 2.33. The monoisotopic (exact) mass is 195 g/mol. The molecular weight excluding hydrogens is 178 g/mol. The average molecular weight is 195 g/mol. The Morgan fingerprint density at radius 2 is 1.57 bits per heavy atom. The van der Waals surface area contributed by atoms with Crippen LogP contribution in [0.3, 0.4) is 0 Å². The Labute approximate surface area is 84.4 Å². The number of aromatic nitrogens is 1. The molecule has 1 aromatic heterocycles. The quantitative estimate of drug-likeness (QED) is 0.727. The predicted octanol–water partition coefficient (Wildman–Crippen LogP) is 0.714. The number of hydrogen-bond donors (Lipinski definition) is 2. The molecule has 3 nitrogen and oxygen atoms in total. The SMILES string of the molecule is CCc1cc(CCO)nc(CCO)c1. The third-order valence-electron chi connectivity index (χ3n) is 2.14. The van der Waals surface area contributed by atoms with E-state index in [4.69, 9.17) is 10.2 Å². The normalized spacial score (nSPS) is 10.5. The Morgan fingerprint density at radius 3 is 1.93 bits per heavy atom. The molecule has 0 atom stereocenters. The topological polar surface area (TPSA) is 53.4 Å². The number of aliphatic hydroxyl groups excluding tert-OH is 2. The van der Waals surface area contributed by atoms with E-state index in [1.165, 1.54) is 5.56 Å². The molecule has 0 saturated carbocycles. The van der Waals surface area contributed by atoms with Crippen molar-refractivity contribution in [3.05, 3.63) is 29.1 Å². The highest BCUT2D eigenvalue weighted by Gasteiger charge is 2.01. The molecule has 0 radical (unpaired) electrons. The van der Waals surface area contributed by atoms with E-state index < -0.39 is 0 Å². The van der Waals surface area contributed by atoms with Crippen LogP contribution < -0.4 is 0 Å². The van der Waals surface area contributed by atoms with Crippen LogP contribution in [0, 0.1) is 0 Å². The summed E-state index contributed by atoms with van der Waals surface area (Å²) in [6.07, 6.45) is 2.14. The van der Waals surface area contributed by atoms with Gasteiger partial charge in [0.1, 0.15) is 0 Å². The van der Waals surface area contributed by atoms with E-state index in [0.29, 0.717) is 12.8 Å². The van der Waals surface area contributed by atoms with Gasteiger partial charge in [-0.15, -0.1) is 0 Å². The first-order chi connectivity index (χ1) is 6.80. The minimum absolute atomic E-state index is 0.124. The molecule has 14 heavy (non-hydrogen) atoms. The first-order valence-corrected chi connectivity index (χ1v) is 5.00. The lowest BCUT2D eigenvalue weighted by Gasteiger charge is -2.05. The van der Waals surface area contributed by atoms with E-state index in [9.17, 15) is 0 Å². The molecule has 0 saturated heterocycles. The molecule has 1 aromatic rings. The van der Waals surface area contributed by atoms with Crippen LogP contribution in [0.4, 0.5) is 0 Å². The van der Waals surface area contributed by atoms with Crippen molar-refractivity contribution in [1.29, 1.82) is 0 Å². The number of pyridine rings is 1. The van der Waals surface area contributed by atoms with Crippen LogP contribution in [0.25, 0.3) is 0 Å². The molecule has 1 heterocycles. The number of nitrogens with zero attached hydrogens (tertiary/aromatic N) is 1. The second-order valence-electron chi connectivity index (χ2n) is 3.26. The molecule has 0 bridgehead atoms. The molecule has 0 unspecified atom stereocenters. The summed E-state index contributed by atoms with van der Waals surface area (Å²) >= 11 is 0. The highest BCUT2D eigenvalue weighted by molar-refractivity contribution is 5.22. The standard InChI is InChI=1S/C11H17NO2/c1-2-9-7-10(3-5-13)12-11(8-9)4-6-14/h7-8,13-14H,2-6H2,1H3. The molecular formula is C11H17NO2. The summed E-state index contributed by atoms with van der Waals surface area (Å²) in [4.78, 5) is 4.34. The van der Waals surface area contributed by atoms with Crippen LogP contribution in [0.2, 0.25) is 0 Å². The summed E-state index contributed by atoms with van der Waals surface area (Å²) in [6, 6.07) is 4.02. The molecule has 1 rings (SSSR count). The van der Waals surface area contributed by atoms with E-state index >= 15 is 0 Å². The highest BCUT2D eigenvalue weighted by atomic mass is 16.3. The Kier molecular flexibility index (Phi) is 4.56. The lowest BCUT2D eigenvalue weighted by molar-refractivity contribution is 0.295. The van der Waals surface area contributed by atoms with Gasteiger partial charge < -0.3 is 10.2 Å². The summed E-state index contributed by atoms with van der Waals surface area (Å²) in [5, 5.41) is 17.6. The first-order valence-electron chi connectivity index (χ1n) is 5.00. The van der Waals surface area contributed by atoms with Crippen LogP contribution in [0.15, 0.2) is 12.1 Å². The maximum absolute atomic E-state index is 8.81. The van der Waals surface area contributed by atoms with Gasteiger partial charge in [0.15, 0.2) is 0 Å². The van der Waals surface area contributed by atoms with Crippen LogP contribution in [-0.4, -0.2) is 28.4 Å². The van der Waals surface area contributed by atoms with Crippen molar-refractivity contribution in [2.45, 2.75) is 26.2 Å². The molecule has 0 aliphatic rings. The van der Waals surface area contributed by atoms with Crippen molar-refractivity contribution in [2.24, 2.45) is 0 Å². The molecule has 78 valence electrons. The van der Waals surface area contributed by atoms with Crippen molar-refractivity contribution < 1.29 is 10.2 Å². The minimum Gasteiger partial charge on any atom is -0.396 e. The van der Waals surface area contributed by atoms with Gasteiger partial charge in [-0.1, -0.05) is 6.92 Å². The molecule has 0 aliphatic carbocycles. The zero-order valence-electron chi connectivity index (χ0n) is 8.53. The van der Waals surface area contributed by atoms with E-state index in [1.54, 1.807) is 0 Å². The highest BCUT2D eigenvalue weighted by Crippen LogP contribution is 2.08. The summed E-state index contributed by atoms with van der Waals surface area (Å²) in [5.74, 6) is 0. The molecule has 0 amide bonds. The average Bonchev–Trinajstić information content (AvgIpc) is 2.18. The molecule has 0 aliphatic heterocycles. The van der Waals surface area contributed by atoms with Crippen molar-refractivity contribution in [2.75, 3.05) is 13.2 Å². The van der Waals surface area contributed by atoms with Crippen LogP contribution in [0.5, 0.6) is 0 Å². The fourth-order valence-corrected chi connectivity index (χ4v) is 1.41. The van der Waals surface area contributed by atoms with Gasteiger partial charge in [-0.3, -0.25) is 4.98 Å². The number of aliphatic hydroxyl groups is 2. The third-order valence-corrected chi connectivity index (χ3v) is 2.14. The maximum atomic E-state index is 8.81. The van der Waals surface area contributed by atoms with Crippen molar-refractivity contribution >= 4 is 0 Å². The van der Waals surface area contributed by atoms with Crippen LogP contribution >= 0.6 is 0 Å². The van der Waals surface area contributed by atoms with Gasteiger partial charge in [0.2, 0.25) is 0 Å². The van der Waals surface area contributed by atoms with Gasteiger partial charge in [-0.2, -0.15) is 0 Å². The van der Waals surface area contributed by atoms with E-state index in [2.05, 4.69) is 11.9 Å². The van der Waals surface area contributed by atoms with E-state index in [1.807, 2.05) is 12.1 Å². The Balaban J connectivity index is 2.88. The second-order valence-corrected chi connectivity index (χ2v) is 3.26. The van der Waals surface area contributed by atoms with Gasteiger partial charge in [-0.05, 0) is 24.1 Å². The molecule has 0 fully saturated rings. The largest absolute Gasteiger partial charge is 0.396 e. The Hall–Kier alpha value is -0.930. The third kappa shape index (κ3) is 3.09. The summed E-state index contributed by atoms with van der Waals surface area (Å²) < 4.78 is 0. The summed E-state index contributed by atoms with van der Waals surface area (Å²) in [7, 11) is 0. The van der Waals surface area contributed by atoms with Gasteiger partial charge in [0, 0.05) is 37.4 Å². The first kappa shape index (κ1) is 11.1. The number of aryl methyl sites for hydroxylation is 1. The van der Waals surface area contributed by atoms with Gasteiger partial charge in [0.25, 0.3) is 0 Å². The van der Waals surface area contributed by atoms with Crippen molar-refractivity contribution in [3.63, 3.8) is 0 Å². The van der Waals surface area contributed by atoms with E-state index in [-0.39, 0.29) is 13.2 Å². The van der Waals surface area contributed by atoms with Crippen LogP contribution in [0.1, 0.15) is 23.9 Å². The van der Waals surface area contributed by atoms with Gasteiger partial charge in [0.05, 0.1) is 0 Å². The van der Waals surface area contributed by atoms with Gasteiger partial charge >= 0.3 is 0 Å². The zero-order valence-corrected chi connectivity index (χ0v) is 8.53.